The van der Waals surface area contributed by atoms with Gasteiger partial charge >= 0.3 is 17.9 Å². The Hall–Kier alpha value is -12.7. The first-order valence-corrected chi connectivity index (χ1v) is 36.4. The van der Waals surface area contributed by atoms with Crippen LogP contribution in [0.15, 0.2) is 88.9 Å². The minimum absolute atomic E-state index is 0.0334. The number of aromatic nitrogens is 4. The summed E-state index contributed by atoms with van der Waals surface area (Å²) in [4.78, 5) is 236. The molecule has 7 rings (SSSR count). The predicted octanol–water partition coefficient (Wildman–Crippen LogP) is -4.46. The Kier molecular flexibility index (Phi) is 33.1. The summed E-state index contributed by atoms with van der Waals surface area (Å²) in [7, 11) is 0. The van der Waals surface area contributed by atoms with Gasteiger partial charge in [0.15, 0.2) is 5.43 Å². The summed E-state index contributed by atoms with van der Waals surface area (Å²) in [5.41, 5.74) is 5.91. The van der Waals surface area contributed by atoms with Gasteiger partial charge in [-0.25, -0.2) is 14.8 Å². The van der Waals surface area contributed by atoms with E-state index in [1.54, 1.807) is 0 Å². The molecular formula is C71H86N16O26S. The molecule has 10 atom stereocenters. The summed E-state index contributed by atoms with van der Waals surface area (Å²) < 4.78 is 16.8. The fourth-order valence-electron chi connectivity index (χ4n) is 11.6. The molecule has 42 nitrogen and oxygen atoms in total. The van der Waals surface area contributed by atoms with Gasteiger partial charge in [-0.15, -0.1) is 11.8 Å². The second-order valence-corrected chi connectivity index (χ2v) is 27.2. The molecule has 3 aliphatic rings. The van der Waals surface area contributed by atoms with Crippen molar-refractivity contribution >= 4 is 117 Å². The average Bonchev–Trinajstić information content (AvgIpc) is 0.862. The highest BCUT2D eigenvalue weighted by Crippen LogP contribution is 2.42. The van der Waals surface area contributed by atoms with Crippen LogP contribution in [0.1, 0.15) is 91.4 Å². The summed E-state index contributed by atoms with van der Waals surface area (Å²) in [5.74, 6) is -16.1. The number of carbonyl (C=O) groups excluding carboxylic acids is 13. The molecule has 1 fully saturated rings. The van der Waals surface area contributed by atoms with E-state index in [4.69, 9.17) is 24.7 Å². The van der Waals surface area contributed by atoms with Crippen molar-refractivity contribution < 1.29 is 121 Å². The molecule has 612 valence electrons. The number of thioether (sulfide) groups is 1. The van der Waals surface area contributed by atoms with Crippen molar-refractivity contribution in [1.82, 2.24) is 78.0 Å². The number of carboxylic acids is 3. The SMILES string of the molecule is CC(=O)N[C@@H](C(=O)N[C@H](Cc1c[nH]cn1)C(=O)N[C@H](CCC(=O)O)C(=O)NCCOCC(=O)N[C@H](CSC1CC(=O)N(CCNC(=O)c2ccc(C(=O)O)c(-c3c4ccc(=O)cc-4oc4cc(O)ccc34)c2)C1=O)C(=O)NCCOCC(=O)N[C@@H](C(=O)N[C@H](Cc1c[nH]cn1)C(=O)N[C@H](CCCC(=O)O)C(N)=O)[C@H](C)O)[C@H](C)O. The number of imide groups is 1. The van der Waals surface area contributed by atoms with E-state index in [1.807, 2.05) is 0 Å². The number of primary amides is 1. The van der Waals surface area contributed by atoms with Crippen molar-refractivity contribution in [2.75, 3.05) is 58.4 Å². The molecule has 4 heterocycles. The first kappa shape index (κ1) is 88.5. The standard InChI is InChI=1S/C71H86N16O26S/c1-34(88)60(80-36(3)90)68(106)84-49(23-39-28-74-33-79-39)67(105)83-47(13-14-58(98)99)64(102)76-16-19-111-29-54(93)81-50(65(103)77-17-20-112-30-55(94)86-61(35(2)89)69(107)85-48(22-38-27-73-32-78-38)66(104)82-46(62(72)100)5-4-6-57(96)97)31-114-53-26-56(95)87(70(53)108)18-15-75-63(101)37-7-10-42(71(109)110)45(21-37)59-43-11-8-40(91)24-51(43)113-52-25-41(92)9-12-44(52)59/h7-12,21,24-25,27-28,32-35,46-50,53,60-61,88-89,91H,4-6,13-20,22-23,26,29-31H2,1-3H3,(H2,72,100)(H,73,78)(H,74,79)(H,75,101)(H,76,102)(H,77,103)(H,80,90)(H,81,93)(H,82,104)(H,83,105)(H,84,106)(H,85,107)(H,86,94)(H,96,97)(H,98,99)(H,109,110)/t34-,35-,46+,47+,48+,49+,50+,53?,60+,61+/m0/s1. The number of aromatic carboxylic acids is 1. The summed E-state index contributed by atoms with van der Waals surface area (Å²) in [6.45, 7) is -0.442. The smallest absolute Gasteiger partial charge is 0.336 e. The molecule has 1 saturated heterocycles. The molecular weight excluding hydrogens is 1520 g/mol. The van der Waals surface area contributed by atoms with Gasteiger partial charge in [-0.1, -0.05) is 0 Å². The number of aliphatic hydroxyl groups excluding tert-OH is 2. The van der Waals surface area contributed by atoms with Gasteiger partial charge in [0.25, 0.3) is 5.91 Å². The predicted molar refractivity (Wildman–Crippen MR) is 395 cm³/mol. The molecule has 0 bridgehead atoms. The molecule has 2 aromatic carbocycles. The molecule has 2 aromatic heterocycles. The number of benzene rings is 3. The largest absolute Gasteiger partial charge is 0.508 e. The number of hydrogen-bond donors (Lipinski definition) is 19. The van der Waals surface area contributed by atoms with Gasteiger partial charge in [-0.05, 0) is 81.1 Å². The highest BCUT2D eigenvalue weighted by Gasteiger charge is 2.40. The van der Waals surface area contributed by atoms with E-state index in [9.17, 15) is 107 Å². The monoisotopic (exact) mass is 1610 g/mol. The number of phenols is 1. The minimum atomic E-state index is -1.73. The Morgan fingerprint density at radius 3 is 1.75 bits per heavy atom. The van der Waals surface area contributed by atoms with Gasteiger partial charge in [-0.3, -0.25) is 81.6 Å². The number of nitrogens with two attached hydrogens (primary N) is 1. The molecule has 0 radical (unpaired) electrons. The second-order valence-electron chi connectivity index (χ2n) is 26.0. The van der Waals surface area contributed by atoms with Crippen molar-refractivity contribution in [2.45, 2.75) is 132 Å². The Bertz CT molecular complexity index is 4540. The molecule has 20 N–H and O–H groups in total. The normalized spacial score (nSPS) is 15.0. The lowest BCUT2D eigenvalue weighted by Gasteiger charge is -2.25. The van der Waals surface area contributed by atoms with Crippen molar-refractivity contribution in [3.05, 3.63) is 112 Å². The van der Waals surface area contributed by atoms with Crippen LogP contribution in [-0.2, 0) is 89.4 Å². The van der Waals surface area contributed by atoms with Gasteiger partial charge in [0.1, 0.15) is 72.6 Å². The van der Waals surface area contributed by atoms with Gasteiger partial charge < -0.3 is 113 Å². The molecule has 4 aromatic rings. The van der Waals surface area contributed by atoms with E-state index in [1.165, 1.54) is 86.6 Å². The van der Waals surface area contributed by atoms with Crippen LogP contribution < -0.4 is 64.3 Å². The van der Waals surface area contributed by atoms with E-state index in [-0.39, 0.29) is 109 Å². The number of fused-ring (bicyclic) bond motifs is 2. The minimum Gasteiger partial charge on any atom is -0.508 e. The van der Waals surface area contributed by atoms with E-state index >= 15 is 0 Å². The van der Waals surface area contributed by atoms with Crippen molar-refractivity contribution in [2.24, 2.45) is 5.73 Å². The number of amides is 13. The van der Waals surface area contributed by atoms with Crippen LogP contribution in [0, 0.1) is 0 Å². The van der Waals surface area contributed by atoms with Crippen LogP contribution in [0.25, 0.3) is 33.4 Å². The lowest BCUT2D eigenvalue weighted by molar-refractivity contribution is -0.139. The van der Waals surface area contributed by atoms with Gasteiger partial charge in [-0.2, -0.15) is 0 Å². The van der Waals surface area contributed by atoms with Crippen molar-refractivity contribution in [3.8, 4) is 28.2 Å². The zero-order valence-electron chi connectivity index (χ0n) is 61.5. The average molecular weight is 1610 g/mol. The molecule has 2 aliphatic heterocycles. The summed E-state index contributed by atoms with van der Waals surface area (Å²) in [6.07, 6.45) is -0.320. The van der Waals surface area contributed by atoms with Crippen LogP contribution >= 0.6 is 11.8 Å². The number of carbonyl (C=O) groups is 16. The number of phenolic OH excluding ortho intramolecular Hbond substituents is 1. The lowest BCUT2D eigenvalue weighted by atomic mass is 9.89. The van der Waals surface area contributed by atoms with Crippen LogP contribution in [-0.4, -0.2) is 268 Å². The maximum absolute atomic E-state index is 14.0. The topological polar surface area (TPSA) is 650 Å². The number of hydrogen-bond acceptors (Lipinski definition) is 26. The van der Waals surface area contributed by atoms with Gasteiger partial charge in [0.05, 0.1) is 60.3 Å². The Morgan fingerprint density at radius 2 is 1.19 bits per heavy atom. The van der Waals surface area contributed by atoms with E-state index in [0.29, 0.717) is 10.9 Å². The van der Waals surface area contributed by atoms with Crippen LogP contribution in [0.2, 0.25) is 0 Å². The van der Waals surface area contributed by atoms with Crippen molar-refractivity contribution in [1.29, 1.82) is 0 Å². The first-order chi connectivity index (χ1) is 54.2. The fourth-order valence-corrected chi connectivity index (χ4v) is 12.8. The lowest BCUT2D eigenvalue weighted by Crippen LogP contribution is -2.59. The highest BCUT2D eigenvalue weighted by atomic mass is 32.2. The van der Waals surface area contributed by atoms with Crippen LogP contribution in [0.5, 0.6) is 5.75 Å². The van der Waals surface area contributed by atoms with E-state index in [0.717, 1.165) is 30.5 Å². The zero-order chi connectivity index (χ0) is 83.5. The Morgan fingerprint density at radius 1 is 0.623 bits per heavy atom. The number of aromatic hydroxyl groups is 1. The fraction of sp³-hybridized carbons (Fsp3) is 0.423. The quantitative estimate of drug-likeness (QED) is 0.00973. The molecule has 13 amide bonds. The number of carboxylic acid groups (broad SMARTS) is 3. The molecule has 114 heavy (non-hydrogen) atoms. The number of aromatic amines is 2. The Labute approximate surface area is 650 Å². The molecule has 1 aliphatic carbocycles. The van der Waals surface area contributed by atoms with Crippen LogP contribution in [0.3, 0.4) is 0 Å². The molecule has 43 heteroatoms. The maximum atomic E-state index is 14.0. The van der Waals surface area contributed by atoms with E-state index in [2.05, 4.69) is 73.1 Å². The third-order valence-corrected chi connectivity index (χ3v) is 18.5. The number of rotatable bonds is 46. The maximum Gasteiger partial charge on any atom is 0.336 e. The van der Waals surface area contributed by atoms with E-state index < -0.39 is 211 Å². The van der Waals surface area contributed by atoms with Crippen molar-refractivity contribution in [3.63, 3.8) is 0 Å². The first-order valence-electron chi connectivity index (χ1n) is 35.3. The zero-order valence-corrected chi connectivity index (χ0v) is 62.3. The second kappa shape index (κ2) is 42.6. The third-order valence-electron chi connectivity index (χ3n) is 17.2. The number of aliphatic carboxylic acids is 2. The number of likely N-dealkylation sites (tertiary alicyclic amines) is 1. The summed E-state index contributed by atoms with van der Waals surface area (Å²) in [6, 6.07) is 0.945. The van der Waals surface area contributed by atoms with Gasteiger partial charge in [0, 0.05) is 118 Å². The highest BCUT2D eigenvalue weighted by molar-refractivity contribution is 8.00. The van der Waals surface area contributed by atoms with Gasteiger partial charge in [0.2, 0.25) is 70.9 Å². The third kappa shape index (κ3) is 26.5. The van der Waals surface area contributed by atoms with Crippen LogP contribution in [0.4, 0.5) is 0 Å². The number of H-pyrrole nitrogens is 2. The number of nitrogens with zero attached hydrogens (tertiary/aromatic N) is 3. The number of ether oxygens (including phenoxy) is 2. The molecule has 0 spiro atoms. The number of imidazole rings is 2. The summed E-state index contributed by atoms with van der Waals surface area (Å²) in [5, 5.41) is 83.3. The summed E-state index contributed by atoms with van der Waals surface area (Å²) >= 11 is 0.782. The number of aliphatic hydroxyl groups is 2. The molecule has 0 saturated carbocycles. The number of nitrogens with one attached hydrogen (secondary N) is 12. The Balaban J connectivity index is 0.980. The molecule has 1 unspecified atom stereocenters.